The Morgan fingerprint density at radius 2 is 1.76 bits per heavy atom. The van der Waals surface area contributed by atoms with Crippen molar-refractivity contribution in [2.75, 3.05) is 0 Å². The van der Waals surface area contributed by atoms with E-state index in [-0.39, 0.29) is 12.2 Å². The molecule has 2 saturated heterocycles. The van der Waals surface area contributed by atoms with Crippen molar-refractivity contribution < 1.29 is 9.84 Å². The van der Waals surface area contributed by atoms with Crippen LogP contribution < -0.4 is 0 Å². The van der Waals surface area contributed by atoms with Gasteiger partial charge < -0.3 is 9.84 Å². The second-order valence-corrected chi connectivity index (χ2v) is 5.70. The van der Waals surface area contributed by atoms with E-state index in [0.29, 0.717) is 0 Å². The van der Waals surface area contributed by atoms with Crippen molar-refractivity contribution in [3.05, 3.63) is 34.9 Å². The minimum atomic E-state index is -0.664. The van der Waals surface area contributed by atoms with Crippen molar-refractivity contribution in [2.45, 2.75) is 57.3 Å². The molecule has 2 bridgehead atoms. The lowest BCUT2D eigenvalue weighted by Crippen LogP contribution is -2.38. The highest BCUT2D eigenvalue weighted by molar-refractivity contribution is 5.34. The molecular formula is C15H20O2. The van der Waals surface area contributed by atoms with E-state index in [2.05, 4.69) is 32.0 Å². The summed E-state index contributed by atoms with van der Waals surface area (Å²) in [6.45, 7) is 4.22. The third-order valence-corrected chi connectivity index (χ3v) is 4.37. The van der Waals surface area contributed by atoms with E-state index >= 15 is 0 Å². The molecular weight excluding hydrogens is 212 g/mol. The molecule has 0 amide bonds. The third-order valence-electron chi connectivity index (χ3n) is 4.37. The van der Waals surface area contributed by atoms with Gasteiger partial charge in [0.15, 0.2) is 0 Å². The van der Waals surface area contributed by atoms with E-state index in [4.69, 9.17) is 4.74 Å². The quantitative estimate of drug-likeness (QED) is 0.806. The first-order valence-corrected chi connectivity index (χ1v) is 6.52. The summed E-state index contributed by atoms with van der Waals surface area (Å²) >= 11 is 0. The molecule has 2 unspecified atom stereocenters. The van der Waals surface area contributed by atoms with Crippen LogP contribution in [0.25, 0.3) is 0 Å². The predicted octanol–water partition coefficient (Wildman–Crippen LogP) is 2.83. The maximum absolute atomic E-state index is 10.9. The van der Waals surface area contributed by atoms with Crippen LogP contribution in [0.3, 0.4) is 0 Å². The van der Waals surface area contributed by atoms with Gasteiger partial charge in [-0.05, 0) is 43.4 Å². The number of hydrogen-bond donors (Lipinski definition) is 1. The molecule has 2 heteroatoms. The van der Waals surface area contributed by atoms with Gasteiger partial charge in [-0.3, -0.25) is 0 Å². The molecule has 2 atom stereocenters. The highest BCUT2D eigenvalue weighted by atomic mass is 16.5. The molecule has 1 aromatic carbocycles. The van der Waals surface area contributed by atoms with Gasteiger partial charge in [-0.1, -0.05) is 18.2 Å². The minimum Gasteiger partial charge on any atom is -0.385 e. The zero-order valence-corrected chi connectivity index (χ0v) is 10.6. The van der Waals surface area contributed by atoms with Crippen LogP contribution in [0.2, 0.25) is 0 Å². The molecule has 0 radical (unpaired) electrons. The Morgan fingerprint density at radius 1 is 1.12 bits per heavy atom. The highest BCUT2D eigenvalue weighted by Crippen LogP contribution is 2.44. The van der Waals surface area contributed by atoms with Crippen molar-refractivity contribution in [3.8, 4) is 0 Å². The Bertz CT molecular complexity index is 427. The van der Waals surface area contributed by atoms with Gasteiger partial charge in [0.2, 0.25) is 0 Å². The summed E-state index contributed by atoms with van der Waals surface area (Å²) in [5.74, 6) is 0. The Morgan fingerprint density at radius 3 is 2.35 bits per heavy atom. The summed E-state index contributed by atoms with van der Waals surface area (Å²) in [4.78, 5) is 0. The van der Waals surface area contributed by atoms with E-state index < -0.39 is 5.60 Å². The summed E-state index contributed by atoms with van der Waals surface area (Å²) in [6.07, 6.45) is 4.26. The van der Waals surface area contributed by atoms with Crippen LogP contribution in [-0.4, -0.2) is 17.3 Å². The fraction of sp³-hybridized carbons (Fsp3) is 0.600. The van der Waals surface area contributed by atoms with E-state index in [1.807, 2.05) is 0 Å². The molecule has 0 saturated carbocycles. The summed E-state index contributed by atoms with van der Waals surface area (Å²) in [6, 6.07) is 6.33. The molecule has 1 N–H and O–H groups in total. The first-order valence-electron chi connectivity index (χ1n) is 6.52. The maximum atomic E-state index is 10.9. The lowest BCUT2D eigenvalue weighted by Gasteiger charge is -2.37. The number of fused-ring (bicyclic) bond motifs is 2. The number of aryl methyl sites for hydroxylation is 2. The van der Waals surface area contributed by atoms with Gasteiger partial charge in [-0.15, -0.1) is 0 Å². The summed E-state index contributed by atoms with van der Waals surface area (Å²) in [5.41, 5.74) is 2.95. The zero-order valence-electron chi connectivity index (χ0n) is 10.6. The van der Waals surface area contributed by atoms with E-state index in [1.54, 1.807) is 0 Å². The molecule has 2 aliphatic rings. The van der Waals surface area contributed by atoms with Gasteiger partial charge in [0.25, 0.3) is 0 Å². The van der Waals surface area contributed by atoms with Gasteiger partial charge in [0.1, 0.15) is 0 Å². The standard InChI is InChI=1S/C15H20O2/c1-10-3-4-12(7-11(10)2)15(16)8-13-5-6-14(9-15)17-13/h3-4,7,13-14,16H,5-6,8-9H2,1-2H3. The average Bonchev–Trinajstić information content (AvgIpc) is 2.62. The van der Waals surface area contributed by atoms with Crippen molar-refractivity contribution in [1.82, 2.24) is 0 Å². The predicted molar refractivity (Wildman–Crippen MR) is 66.9 cm³/mol. The van der Waals surface area contributed by atoms with Crippen molar-refractivity contribution in [2.24, 2.45) is 0 Å². The number of rotatable bonds is 1. The smallest absolute Gasteiger partial charge is 0.0946 e. The van der Waals surface area contributed by atoms with Crippen LogP contribution in [0.15, 0.2) is 18.2 Å². The number of ether oxygens (including phenoxy) is 1. The van der Waals surface area contributed by atoms with Gasteiger partial charge >= 0.3 is 0 Å². The first-order chi connectivity index (χ1) is 8.07. The highest BCUT2D eigenvalue weighted by Gasteiger charge is 2.44. The van der Waals surface area contributed by atoms with Crippen LogP contribution in [0.5, 0.6) is 0 Å². The molecule has 2 nitrogen and oxygen atoms in total. The number of aliphatic hydroxyl groups is 1. The molecule has 2 fully saturated rings. The molecule has 0 spiro atoms. The molecule has 92 valence electrons. The normalized spacial score (nSPS) is 36.2. The maximum Gasteiger partial charge on any atom is 0.0946 e. The molecule has 3 rings (SSSR count). The lowest BCUT2D eigenvalue weighted by molar-refractivity contribution is -0.115. The van der Waals surface area contributed by atoms with Crippen LogP contribution in [0, 0.1) is 13.8 Å². The van der Waals surface area contributed by atoms with Crippen LogP contribution in [-0.2, 0) is 10.3 Å². The van der Waals surface area contributed by atoms with Gasteiger partial charge in [-0.25, -0.2) is 0 Å². The van der Waals surface area contributed by atoms with Gasteiger partial charge in [-0.2, -0.15) is 0 Å². The summed E-state index contributed by atoms with van der Waals surface area (Å²) in [7, 11) is 0. The SMILES string of the molecule is Cc1ccc(C2(O)CC3CCC(C2)O3)cc1C. The second-order valence-electron chi connectivity index (χ2n) is 5.70. The van der Waals surface area contributed by atoms with Crippen LogP contribution >= 0.6 is 0 Å². The Kier molecular flexibility index (Phi) is 2.53. The number of hydrogen-bond acceptors (Lipinski definition) is 2. The largest absolute Gasteiger partial charge is 0.385 e. The Labute approximate surface area is 103 Å². The number of benzene rings is 1. The topological polar surface area (TPSA) is 29.5 Å². The zero-order chi connectivity index (χ0) is 12.0. The Balaban J connectivity index is 1.94. The first kappa shape index (κ1) is 11.2. The fourth-order valence-electron chi connectivity index (χ4n) is 3.18. The van der Waals surface area contributed by atoms with Crippen molar-refractivity contribution in [1.29, 1.82) is 0 Å². The molecule has 0 aromatic heterocycles. The van der Waals surface area contributed by atoms with Gasteiger partial charge in [0.05, 0.1) is 17.8 Å². The van der Waals surface area contributed by atoms with Crippen molar-refractivity contribution in [3.63, 3.8) is 0 Å². The van der Waals surface area contributed by atoms with Crippen LogP contribution in [0.1, 0.15) is 42.4 Å². The van der Waals surface area contributed by atoms with E-state index in [9.17, 15) is 5.11 Å². The molecule has 2 heterocycles. The molecule has 0 aliphatic carbocycles. The average molecular weight is 232 g/mol. The lowest BCUT2D eigenvalue weighted by atomic mass is 9.82. The van der Waals surface area contributed by atoms with Crippen molar-refractivity contribution >= 4 is 0 Å². The summed E-state index contributed by atoms with van der Waals surface area (Å²) < 4.78 is 5.81. The molecule has 2 aliphatic heterocycles. The van der Waals surface area contributed by atoms with Gasteiger partial charge in [0, 0.05) is 12.8 Å². The monoisotopic (exact) mass is 232 g/mol. The fourth-order valence-corrected chi connectivity index (χ4v) is 3.18. The van der Waals surface area contributed by atoms with Crippen LogP contribution in [0.4, 0.5) is 0 Å². The third kappa shape index (κ3) is 1.90. The second kappa shape index (κ2) is 3.82. The Hall–Kier alpha value is -0.860. The molecule has 17 heavy (non-hydrogen) atoms. The van der Waals surface area contributed by atoms with E-state index in [0.717, 1.165) is 31.2 Å². The van der Waals surface area contributed by atoms with E-state index in [1.165, 1.54) is 11.1 Å². The summed E-state index contributed by atoms with van der Waals surface area (Å²) in [5, 5.41) is 10.9. The minimum absolute atomic E-state index is 0.264. The molecule has 1 aromatic rings.